The molecule has 1 unspecified atom stereocenters. The minimum absolute atomic E-state index is 0.289. The molecule has 4 nitrogen and oxygen atoms in total. The maximum Gasteiger partial charge on any atom is 0.125 e. The van der Waals surface area contributed by atoms with Crippen molar-refractivity contribution in [2.75, 3.05) is 18.0 Å². The number of aromatic nitrogens is 2. The number of aryl methyl sites for hydroxylation is 1. The van der Waals surface area contributed by atoms with E-state index in [4.69, 9.17) is 5.73 Å². The molecule has 0 aliphatic carbocycles. The van der Waals surface area contributed by atoms with Gasteiger partial charge in [-0.1, -0.05) is 6.07 Å². The molecule has 0 bridgehead atoms. The average molecular weight is 228 g/mol. The highest BCUT2D eigenvalue weighted by Gasteiger charge is 2.20. The van der Waals surface area contributed by atoms with Crippen molar-refractivity contribution in [2.24, 2.45) is 5.73 Å². The molecule has 17 heavy (non-hydrogen) atoms. The van der Waals surface area contributed by atoms with Crippen LogP contribution in [0.1, 0.15) is 12.2 Å². The fraction of sp³-hybridized carbons (Fsp3) is 0.385. The molecule has 88 valence electrons. The number of rotatable bonds is 1. The number of hydrogen-bond donors (Lipinski definition) is 1. The van der Waals surface area contributed by atoms with Gasteiger partial charge in [0.05, 0.1) is 5.52 Å². The number of fused-ring (bicyclic) bond motifs is 1. The predicted octanol–water partition coefficient (Wildman–Crippen LogP) is 1.48. The Morgan fingerprint density at radius 1 is 1.41 bits per heavy atom. The second-order valence-electron chi connectivity index (χ2n) is 4.62. The minimum atomic E-state index is 0.289. The van der Waals surface area contributed by atoms with Gasteiger partial charge in [-0.3, -0.25) is 0 Å². The van der Waals surface area contributed by atoms with Gasteiger partial charge in [0, 0.05) is 36.4 Å². The topological polar surface area (TPSA) is 55.0 Å². The lowest BCUT2D eigenvalue weighted by Crippen LogP contribution is -2.26. The van der Waals surface area contributed by atoms with Crippen LogP contribution in [0.5, 0.6) is 0 Å². The molecular weight excluding hydrogens is 212 g/mol. The molecule has 1 atom stereocenters. The zero-order valence-electron chi connectivity index (χ0n) is 9.93. The number of nitrogens with zero attached hydrogens (tertiary/aromatic N) is 3. The summed E-state index contributed by atoms with van der Waals surface area (Å²) in [4.78, 5) is 11.1. The molecule has 2 aromatic rings. The lowest BCUT2D eigenvalue weighted by Gasteiger charge is -2.19. The lowest BCUT2D eigenvalue weighted by molar-refractivity contribution is 0.752. The maximum atomic E-state index is 5.96. The monoisotopic (exact) mass is 228 g/mol. The van der Waals surface area contributed by atoms with Crippen molar-refractivity contribution < 1.29 is 0 Å². The van der Waals surface area contributed by atoms with E-state index in [1.54, 1.807) is 0 Å². The van der Waals surface area contributed by atoms with E-state index in [1.807, 2.05) is 25.3 Å². The second kappa shape index (κ2) is 3.96. The Hall–Kier alpha value is -1.68. The van der Waals surface area contributed by atoms with Gasteiger partial charge < -0.3 is 10.6 Å². The van der Waals surface area contributed by atoms with E-state index < -0.39 is 0 Å². The van der Waals surface area contributed by atoms with E-state index in [9.17, 15) is 0 Å². The molecule has 1 aromatic carbocycles. The molecule has 3 rings (SSSR count). The van der Waals surface area contributed by atoms with Gasteiger partial charge in [-0.25, -0.2) is 9.97 Å². The zero-order valence-corrected chi connectivity index (χ0v) is 9.93. The Morgan fingerprint density at radius 3 is 3.06 bits per heavy atom. The Balaban J connectivity index is 2.10. The Kier molecular flexibility index (Phi) is 2.44. The van der Waals surface area contributed by atoms with E-state index in [2.05, 4.69) is 20.9 Å². The normalized spacial score (nSPS) is 20.1. The first-order valence-corrected chi connectivity index (χ1v) is 5.97. The summed E-state index contributed by atoms with van der Waals surface area (Å²) in [5, 5.41) is 1.12. The first-order valence-electron chi connectivity index (χ1n) is 5.97. The van der Waals surface area contributed by atoms with Crippen LogP contribution in [0.4, 0.5) is 5.69 Å². The van der Waals surface area contributed by atoms with Crippen LogP contribution in [-0.4, -0.2) is 29.1 Å². The van der Waals surface area contributed by atoms with Gasteiger partial charge in [0.1, 0.15) is 5.82 Å². The van der Waals surface area contributed by atoms with E-state index in [-0.39, 0.29) is 6.04 Å². The number of benzene rings is 1. The molecule has 1 aliphatic rings. The highest BCUT2D eigenvalue weighted by molar-refractivity contribution is 5.91. The fourth-order valence-electron chi connectivity index (χ4n) is 2.41. The number of anilines is 1. The van der Waals surface area contributed by atoms with Crippen molar-refractivity contribution in [3.05, 3.63) is 30.2 Å². The highest BCUT2D eigenvalue weighted by Crippen LogP contribution is 2.27. The standard InChI is InChI=1S/C13H16N4/c1-9-15-7-11-12(16-9)3-2-4-13(11)17-6-5-10(14)8-17/h2-4,7,10H,5-6,8,14H2,1H3. The zero-order chi connectivity index (χ0) is 11.8. The Bertz CT molecular complexity index is 552. The molecule has 1 saturated heterocycles. The maximum absolute atomic E-state index is 5.96. The number of hydrogen-bond acceptors (Lipinski definition) is 4. The van der Waals surface area contributed by atoms with Crippen LogP contribution >= 0.6 is 0 Å². The van der Waals surface area contributed by atoms with Gasteiger partial charge in [0.2, 0.25) is 0 Å². The summed E-state index contributed by atoms with van der Waals surface area (Å²) in [7, 11) is 0. The summed E-state index contributed by atoms with van der Waals surface area (Å²) in [6, 6.07) is 6.49. The van der Waals surface area contributed by atoms with Crippen molar-refractivity contribution >= 4 is 16.6 Å². The van der Waals surface area contributed by atoms with Crippen LogP contribution in [0, 0.1) is 6.92 Å². The van der Waals surface area contributed by atoms with Crippen molar-refractivity contribution in [2.45, 2.75) is 19.4 Å². The fourth-order valence-corrected chi connectivity index (χ4v) is 2.41. The molecule has 0 radical (unpaired) electrons. The summed E-state index contributed by atoms with van der Waals surface area (Å²) in [5.41, 5.74) is 8.17. The molecule has 1 aromatic heterocycles. The number of nitrogens with two attached hydrogens (primary N) is 1. The van der Waals surface area contributed by atoms with Gasteiger partial charge in [-0.2, -0.15) is 0 Å². The minimum Gasteiger partial charge on any atom is -0.369 e. The first-order chi connectivity index (χ1) is 8.24. The molecule has 0 spiro atoms. The van der Waals surface area contributed by atoms with Crippen molar-refractivity contribution in [1.29, 1.82) is 0 Å². The van der Waals surface area contributed by atoms with Gasteiger partial charge in [-0.15, -0.1) is 0 Å². The van der Waals surface area contributed by atoms with Crippen LogP contribution < -0.4 is 10.6 Å². The van der Waals surface area contributed by atoms with E-state index in [0.29, 0.717) is 0 Å². The van der Waals surface area contributed by atoms with Crippen LogP contribution in [0.25, 0.3) is 10.9 Å². The van der Waals surface area contributed by atoms with Gasteiger partial charge >= 0.3 is 0 Å². The van der Waals surface area contributed by atoms with Crippen LogP contribution in [0.15, 0.2) is 24.4 Å². The molecule has 0 saturated carbocycles. The van der Waals surface area contributed by atoms with Crippen molar-refractivity contribution in [3.63, 3.8) is 0 Å². The summed E-state index contributed by atoms with van der Waals surface area (Å²) < 4.78 is 0. The van der Waals surface area contributed by atoms with E-state index in [1.165, 1.54) is 5.69 Å². The summed E-state index contributed by atoms with van der Waals surface area (Å²) >= 11 is 0. The predicted molar refractivity (Wildman–Crippen MR) is 69.1 cm³/mol. The third kappa shape index (κ3) is 1.85. The molecule has 1 aliphatic heterocycles. The summed E-state index contributed by atoms with van der Waals surface area (Å²) in [5.74, 6) is 0.813. The quantitative estimate of drug-likeness (QED) is 0.803. The van der Waals surface area contributed by atoms with E-state index >= 15 is 0 Å². The van der Waals surface area contributed by atoms with Gasteiger partial charge in [-0.05, 0) is 25.5 Å². The average Bonchev–Trinajstić information content (AvgIpc) is 2.74. The largest absolute Gasteiger partial charge is 0.369 e. The molecule has 2 heterocycles. The van der Waals surface area contributed by atoms with E-state index in [0.717, 1.165) is 36.2 Å². The smallest absolute Gasteiger partial charge is 0.125 e. The third-order valence-corrected chi connectivity index (χ3v) is 3.29. The van der Waals surface area contributed by atoms with Crippen LogP contribution in [-0.2, 0) is 0 Å². The van der Waals surface area contributed by atoms with Crippen molar-refractivity contribution in [1.82, 2.24) is 9.97 Å². The second-order valence-corrected chi connectivity index (χ2v) is 4.62. The molecule has 0 amide bonds. The molecule has 4 heteroatoms. The third-order valence-electron chi connectivity index (χ3n) is 3.29. The molecule has 2 N–H and O–H groups in total. The molecule has 1 fully saturated rings. The summed E-state index contributed by atoms with van der Waals surface area (Å²) in [6.45, 7) is 3.86. The Labute approximate surface area is 100 Å². The lowest BCUT2D eigenvalue weighted by atomic mass is 10.2. The van der Waals surface area contributed by atoms with Gasteiger partial charge in [0.15, 0.2) is 0 Å². The Morgan fingerprint density at radius 2 is 2.29 bits per heavy atom. The first kappa shape index (κ1) is 10.5. The van der Waals surface area contributed by atoms with Crippen LogP contribution in [0.3, 0.4) is 0 Å². The van der Waals surface area contributed by atoms with Gasteiger partial charge in [0.25, 0.3) is 0 Å². The summed E-state index contributed by atoms with van der Waals surface area (Å²) in [6.07, 6.45) is 2.97. The van der Waals surface area contributed by atoms with Crippen molar-refractivity contribution in [3.8, 4) is 0 Å². The molecular formula is C13H16N4. The van der Waals surface area contributed by atoms with Crippen LogP contribution in [0.2, 0.25) is 0 Å². The highest BCUT2D eigenvalue weighted by atomic mass is 15.2. The SMILES string of the molecule is Cc1ncc2c(N3CCC(N)C3)cccc2n1.